The Morgan fingerprint density at radius 1 is 1.10 bits per heavy atom. The van der Waals surface area contributed by atoms with Gasteiger partial charge in [-0.15, -0.1) is 0 Å². The second-order valence-electron chi connectivity index (χ2n) is 7.86. The molecule has 3 heterocycles. The van der Waals surface area contributed by atoms with E-state index in [9.17, 15) is 14.7 Å². The predicted molar refractivity (Wildman–Crippen MR) is 108 cm³/mol. The molecule has 160 valence electrons. The Labute approximate surface area is 175 Å². The molecule has 8 heteroatoms. The molecule has 0 radical (unpaired) electrons. The van der Waals surface area contributed by atoms with Crippen molar-refractivity contribution in [3.63, 3.8) is 0 Å². The van der Waals surface area contributed by atoms with E-state index in [0.717, 1.165) is 18.4 Å². The smallest absolute Gasteiger partial charge is 0.410 e. The Morgan fingerprint density at radius 3 is 2.47 bits per heavy atom. The maximum Gasteiger partial charge on any atom is 0.410 e. The molecule has 0 aliphatic carbocycles. The fourth-order valence-electron chi connectivity index (χ4n) is 4.15. The quantitative estimate of drug-likeness (QED) is 0.807. The van der Waals surface area contributed by atoms with E-state index in [-0.39, 0.29) is 30.2 Å². The van der Waals surface area contributed by atoms with Gasteiger partial charge in [0.25, 0.3) is 0 Å². The first-order valence-electron chi connectivity index (χ1n) is 10.5. The minimum Gasteiger partial charge on any atom is -0.478 e. The number of aromatic nitrogens is 2. The van der Waals surface area contributed by atoms with Crippen LogP contribution in [0.5, 0.6) is 0 Å². The summed E-state index contributed by atoms with van der Waals surface area (Å²) in [5.41, 5.74) is 1.90. The number of hydrogen-bond donors (Lipinski definition) is 1. The average Bonchev–Trinajstić information content (AvgIpc) is 3.25. The molecule has 2 saturated heterocycles. The summed E-state index contributed by atoms with van der Waals surface area (Å²) < 4.78 is 12.6. The number of ether oxygens (including phenoxy) is 2. The molecule has 0 spiro atoms. The lowest BCUT2D eigenvalue weighted by molar-refractivity contribution is 0.0684. The van der Waals surface area contributed by atoms with Gasteiger partial charge in [0.15, 0.2) is 0 Å². The second-order valence-corrected chi connectivity index (χ2v) is 7.86. The van der Waals surface area contributed by atoms with Crippen molar-refractivity contribution in [3.05, 3.63) is 53.3 Å². The minimum absolute atomic E-state index is 0.0786. The van der Waals surface area contributed by atoms with Crippen LogP contribution in [0.1, 0.15) is 59.3 Å². The highest BCUT2D eigenvalue weighted by Crippen LogP contribution is 2.31. The van der Waals surface area contributed by atoms with Crippen LogP contribution in [0.25, 0.3) is 0 Å². The van der Waals surface area contributed by atoms with Crippen molar-refractivity contribution in [2.45, 2.75) is 44.2 Å². The number of carboxylic acid groups (broad SMARTS) is 1. The van der Waals surface area contributed by atoms with Gasteiger partial charge in [-0.3, -0.25) is 4.68 Å². The standard InChI is InChI=1S/C22H27N3O5/c26-21(27)19-14-25(23-20(19)17-8-12-29-13-9-17)18-6-10-24(11-7-18)22(28)30-15-16-4-2-1-3-5-16/h1-5,14,17-18H,6-13,15H2,(H,26,27). The Kier molecular flexibility index (Phi) is 6.32. The van der Waals surface area contributed by atoms with Gasteiger partial charge in [0.2, 0.25) is 0 Å². The van der Waals surface area contributed by atoms with E-state index in [1.165, 1.54) is 0 Å². The first-order valence-corrected chi connectivity index (χ1v) is 10.5. The summed E-state index contributed by atoms with van der Waals surface area (Å²) in [4.78, 5) is 25.8. The van der Waals surface area contributed by atoms with Crippen LogP contribution in [-0.4, -0.2) is 58.2 Å². The normalized spacial score (nSPS) is 18.3. The van der Waals surface area contributed by atoms with E-state index < -0.39 is 5.97 Å². The lowest BCUT2D eigenvalue weighted by Gasteiger charge is -2.31. The van der Waals surface area contributed by atoms with Crippen LogP contribution in [0.15, 0.2) is 36.5 Å². The van der Waals surface area contributed by atoms with Crippen molar-refractivity contribution in [3.8, 4) is 0 Å². The van der Waals surface area contributed by atoms with Gasteiger partial charge in [-0.1, -0.05) is 30.3 Å². The highest BCUT2D eigenvalue weighted by molar-refractivity contribution is 5.88. The van der Waals surface area contributed by atoms with Crippen molar-refractivity contribution >= 4 is 12.1 Å². The van der Waals surface area contributed by atoms with Crippen LogP contribution in [-0.2, 0) is 16.1 Å². The summed E-state index contributed by atoms with van der Waals surface area (Å²) in [7, 11) is 0. The molecule has 0 saturated carbocycles. The van der Waals surface area contributed by atoms with E-state index in [4.69, 9.17) is 9.47 Å². The molecule has 0 bridgehead atoms. The highest BCUT2D eigenvalue weighted by atomic mass is 16.6. The van der Waals surface area contributed by atoms with Crippen LogP contribution in [0.4, 0.5) is 4.79 Å². The summed E-state index contributed by atoms with van der Waals surface area (Å²) in [5, 5.41) is 14.3. The van der Waals surface area contributed by atoms with Gasteiger partial charge in [-0.05, 0) is 31.2 Å². The monoisotopic (exact) mass is 413 g/mol. The zero-order chi connectivity index (χ0) is 20.9. The average molecular weight is 413 g/mol. The number of benzene rings is 1. The largest absolute Gasteiger partial charge is 0.478 e. The van der Waals surface area contributed by atoms with E-state index in [0.29, 0.717) is 44.8 Å². The zero-order valence-electron chi connectivity index (χ0n) is 16.9. The third kappa shape index (κ3) is 4.64. The van der Waals surface area contributed by atoms with Crippen LogP contribution in [0, 0.1) is 0 Å². The van der Waals surface area contributed by atoms with Crippen LogP contribution in [0.2, 0.25) is 0 Å². The van der Waals surface area contributed by atoms with Crippen LogP contribution < -0.4 is 0 Å². The summed E-state index contributed by atoms with van der Waals surface area (Å²) in [6, 6.07) is 9.68. The van der Waals surface area contributed by atoms with Gasteiger partial charge in [-0.25, -0.2) is 9.59 Å². The summed E-state index contributed by atoms with van der Waals surface area (Å²) >= 11 is 0. The minimum atomic E-state index is -0.940. The zero-order valence-corrected chi connectivity index (χ0v) is 16.9. The lowest BCUT2D eigenvalue weighted by atomic mass is 9.94. The van der Waals surface area contributed by atoms with Gasteiger partial charge in [0.05, 0.1) is 11.7 Å². The number of rotatable bonds is 5. The number of aromatic carboxylic acids is 1. The summed E-state index contributed by atoms with van der Waals surface area (Å²) in [6.45, 7) is 2.66. The van der Waals surface area contributed by atoms with Crippen molar-refractivity contribution in [2.75, 3.05) is 26.3 Å². The number of likely N-dealkylation sites (tertiary alicyclic amines) is 1. The fraction of sp³-hybridized carbons (Fsp3) is 0.500. The molecule has 8 nitrogen and oxygen atoms in total. The van der Waals surface area contributed by atoms with E-state index >= 15 is 0 Å². The van der Waals surface area contributed by atoms with Crippen molar-refractivity contribution in [1.29, 1.82) is 0 Å². The molecule has 2 fully saturated rings. The highest BCUT2D eigenvalue weighted by Gasteiger charge is 2.30. The summed E-state index contributed by atoms with van der Waals surface area (Å²) in [6.07, 6.45) is 4.36. The Hall–Kier alpha value is -2.87. The first-order chi connectivity index (χ1) is 14.6. The molecular formula is C22H27N3O5. The number of carboxylic acids is 1. The Balaban J connectivity index is 1.35. The number of piperidine rings is 1. The van der Waals surface area contributed by atoms with Crippen molar-refractivity contribution in [1.82, 2.24) is 14.7 Å². The number of nitrogens with zero attached hydrogens (tertiary/aromatic N) is 3. The topological polar surface area (TPSA) is 93.9 Å². The molecule has 2 aromatic rings. The fourth-order valence-corrected chi connectivity index (χ4v) is 4.15. The van der Waals surface area contributed by atoms with Crippen LogP contribution in [0.3, 0.4) is 0 Å². The molecule has 2 aliphatic rings. The van der Waals surface area contributed by atoms with Gasteiger partial charge in [0.1, 0.15) is 12.2 Å². The van der Waals surface area contributed by atoms with E-state index in [1.807, 2.05) is 30.3 Å². The molecule has 2 aliphatic heterocycles. The van der Waals surface area contributed by atoms with Gasteiger partial charge < -0.3 is 19.5 Å². The van der Waals surface area contributed by atoms with E-state index in [2.05, 4.69) is 5.10 Å². The molecule has 1 amide bonds. The lowest BCUT2D eigenvalue weighted by Crippen LogP contribution is -2.39. The molecular weight excluding hydrogens is 386 g/mol. The summed E-state index contributed by atoms with van der Waals surface area (Å²) in [5.74, 6) is -0.816. The third-order valence-corrected chi connectivity index (χ3v) is 5.90. The number of carbonyl (C=O) groups is 2. The Morgan fingerprint density at radius 2 is 1.80 bits per heavy atom. The van der Waals surface area contributed by atoms with Gasteiger partial charge in [0, 0.05) is 38.4 Å². The van der Waals surface area contributed by atoms with Gasteiger partial charge >= 0.3 is 12.1 Å². The van der Waals surface area contributed by atoms with Crippen LogP contribution >= 0.6 is 0 Å². The molecule has 1 aromatic heterocycles. The molecule has 1 aromatic carbocycles. The second kappa shape index (κ2) is 9.30. The maximum atomic E-state index is 12.4. The predicted octanol–water partition coefficient (Wildman–Crippen LogP) is 3.45. The molecule has 0 unspecified atom stereocenters. The maximum absolute atomic E-state index is 12.4. The van der Waals surface area contributed by atoms with Crippen molar-refractivity contribution < 1.29 is 24.2 Å². The SMILES string of the molecule is O=C(O)c1cn(C2CCN(C(=O)OCc3ccccc3)CC2)nc1C1CCOCC1. The molecule has 30 heavy (non-hydrogen) atoms. The number of amides is 1. The molecule has 0 atom stereocenters. The number of carbonyl (C=O) groups excluding carboxylic acids is 1. The third-order valence-electron chi connectivity index (χ3n) is 5.90. The van der Waals surface area contributed by atoms with Crippen molar-refractivity contribution in [2.24, 2.45) is 0 Å². The number of hydrogen-bond acceptors (Lipinski definition) is 5. The Bertz CT molecular complexity index is 868. The van der Waals surface area contributed by atoms with E-state index in [1.54, 1.807) is 15.8 Å². The molecule has 1 N–H and O–H groups in total. The van der Waals surface area contributed by atoms with Gasteiger partial charge in [-0.2, -0.15) is 5.10 Å². The first kappa shape index (κ1) is 20.4. The molecule has 4 rings (SSSR count).